The van der Waals surface area contributed by atoms with Crippen LogP contribution >= 0.6 is 0 Å². The third-order valence-electron chi connectivity index (χ3n) is 12.1. The molecule has 17 heteroatoms. The Kier molecular flexibility index (Phi) is 19.3. The standard InChI is InChI=1S/C45H68N6O11/c1-11-28(4)39(49(8)42(57)38(27(2)3)47-44(60)45(6,7)48-34(52)20-16-24-51-35(53)21-22-36(51)54)33(61-9)26-37(55)50-23-15-19-32(50)40(62-10)29(5)41(56)46-31(43(58)59)25-30-17-13-12-14-18-30/h12-14,17-18,21-22,27-29,31-33,38-40H,11,15-16,19-20,23-26H2,1-10H3,(H,46,56)(H,47,60)(H,48,52)(H,58,59)/t28?,29?,31?,32-,33?,38?,39?,40?/m0/s1. The fourth-order valence-electron chi connectivity index (χ4n) is 8.23. The molecule has 0 spiro atoms. The van der Waals surface area contributed by atoms with Gasteiger partial charge in [0.1, 0.15) is 17.6 Å². The quantitative estimate of drug-likeness (QED) is 0.111. The summed E-state index contributed by atoms with van der Waals surface area (Å²) in [6, 6.07) is 5.76. The molecule has 344 valence electrons. The summed E-state index contributed by atoms with van der Waals surface area (Å²) in [7, 11) is 4.57. The lowest BCUT2D eigenvalue weighted by molar-refractivity contribution is -0.148. The van der Waals surface area contributed by atoms with Gasteiger partial charge < -0.3 is 40.3 Å². The predicted molar refractivity (Wildman–Crippen MR) is 230 cm³/mol. The van der Waals surface area contributed by atoms with Gasteiger partial charge in [-0.2, -0.15) is 0 Å². The smallest absolute Gasteiger partial charge is 0.326 e. The molecule has 17 nitrogen and oxygen atoms in total. The molecule has 1 aromatic carbocycles. The van der Waals surface area contributed by atoms with E-state index in [0.29, 0.717) is 25.8 Å². The molecule has 0 aliphatic carbocycles. The first-order valence-electron chi connectivity index (χ1n) is 21.5. The summed E-state index contributed by atoms with van der Waals surface area (Å²) in [5.41, 5.74) is -0.666. The first-order valence-corrected chi connectivity index (χ1v) is 21.5. The number of carbonyl (C=O) groups is 8. The van der Waals surface area contributed by atoms with Gasteiger partial charge in [0.05, 0.1) is 36.6 Å². The Hall–Kier alpha value is -5.16. The van der Waals surface area contributed by atoms with Gasteiger partial charge in [0.25, 0.3) is 11.8 Å². The molecular formula is C45H68N6O11. The van der Waals surface area contributed by atoms with Crippen molar-refractivity contribution in [3.05, 3.63) is 48.0 Å². The zero-order valence-corrected chi connectivity index (χ0v) is 38.0. The Bertz CT molecular complexity index is 1770. The highest BCUT2D eigenvalue weighted by atomic mass is 16.5. The summed E-state index contributed by atoms with van der Waals surface area (Å²) in [5.74, 6) is -5.60. The molecule has 2 aliphatic heterocycles. The average molecular weight is 869 g/mol. The Morgan fingerprint density at radius 2 is 1.58 bits per heavy atom. The molecule has 7 unspecified atom stereocenters. The van der Waals surface area contributed by atoms with Crippen LogP contribution in [0.5, 0.6) is 0 Å². The number of ether oxygens (including phenoxy) is 2. The number of carboxylic acid groups (broad SMARTS) is 1. The van der Waals surface area contributed by atoms with Crippen molar-refractivity contribution in [2.45, 2.75) is 135 Å². The third kappa shape index (κ3) is 13.4. The van der Waals surface area contributed by atoms with E-state index in [1.54, 1.807) is 57.0 Å². The lowest BCUT2D eigenvalue weighted by Crippen LogP contribution is -2.62. The number of nitrogens with one attached hydrogen (secondary N) is 3. The highest BCUT2D eigenvalue weighted by Crippen LogP contribution is 2.30. The van der Waals surface area contributed by atoms with Crippen LogP contribution in [0, 0.1) is 17.8 Å². The van der Waals surface area contributed by atoms with Gasteiger partial charge in [-0.15, -0.1) is 0 Å². The van der Waals surface area contributed by atoms with E-state index < -0.39 is 89.2 Å². The summed E-state index contributed by atoms with van der Waals surface area (Å²) in [4.78, 5) is 109. The van der Waals surface area contributed by atoms with Crippen LogP contribution in [0.15, 0.2) is 42.5 Å². The molecule has 1 fully saturated rings. The van der Waals surface area contributed by atoms with Crippen LogP contribution in [0.1, 0.15) is 92.6 Å². The highest BCUT2D eigenvalue weighted by Gasteiger charge is 2.44. The molecule has 7 amide bonds. The van der Waals surface area contributed by atoms with Crippen LogP contribution in [0.3, 0.4) is 0 Å². The van der Waals surface area contributed by atoms with Crippen LogP contribution in [0.25, 0.3) is 0 Å². The maximum Gasteiger partial charge on any atom is 0.326 e. The molecule has 2 heterocycles. The first-order chi connectivity index (χ1) is 29.2. The number of methoxy groups -OCH3 is 2. The van der Waals surface area contributed by atoms with Gasteiger partial charge in [-0.05, 0) is 50.5 Å². The zero-order valence-electron chi connectivity index (χ0n) is 38.0. The second-order valence-electron chi connectivity index (χ2n) is 17.3. The van der Waals surface area contributed by atoms with Crippen LogP contribution in [0.2, 0.25) is 0 Å². The Morgan fingerprint density at radius 1 is 0.952 bits per heavy atom. The SMILES string of the molecule is CCC(C)C(C(CC(=O)N1CCC[C@H]1C(OC)C(C)C(=O)NC(Cc1ccccc1)C(=O)O)OC)N(C)C(=O)C(NC(=O)C(C)(C)NC(=O)CCCN1C(=O)C=CC1=O)C(C)C. The number of likely N-dealkylation sites (tertiary alicyclic amines) is 1. The second kappa shape index (κ2) is 23.3. The van der Waals surface area contributed by atoms with Crippen molar-refractivity contribution < 1.29 is 52.9 Å². The molecular weight excluding hydrogens is 801 g/mol. The van der Waals surface area contributed by atoms with E-state index in [-0.39, 0.29) is 50.0 Å². The molecule has 1 saturated heterocycles. The largest absolute Gasteiger partial charge is 0.480 e. The predicted octanol–water partition coefficient (Wildman–Crippen LogP) is 2.46. The number of hydrogen-bond donors (Lipinski definition) is 4. The van der Waals surface area contributed by atoms with Gasteiger partial charge in [0, 0.05) is 59.4 Å². The number of rotatable bonds is 24. The molecule has 2 aliphatic rings. The highest BCUT2D eigenvalue weighted by molar-refractivity contribution is 6.12. The minimum atomic E-state index is -1.42. The van der Waals surface area contributed by atoms with Crippen molar-refractivity contribution in [1.29, 1.82) is 0 Å². The Labute approximate surface area is 365 Å². The number of carbonyl (C=O) groups excluding carboxylic acids is 7. The zero-order chi connectivity index (χ0) is 46.5. The lowest BCUT2D eigenvalue weighted by Gasteiger charge is -2.41. The van der Waals surface area contributed by atoms with Gasteiger partial charge in [-0.1, -0.05) is 71.4 Å². The van der Waals surface area contributed by atoms with Gasteiger partial charge in [0.15, 0.2) is 0 Å². The second-order valence-corrected chi connectivity index (χ2v) is 17.3. The summed E-state index contributed by atoms with van der Waals surface area (Å²) < 4.78 is 11.8. The van der Waals surface area contributed by atoms with Crippen molar-refractivity contribution in [2.24, 2.45) is 17.8 Å². The molecule has 62 heavy (non-hydrogen) atoms. The van der Waals surface area contributed by atoms with E-state index in [2.05, 4.69) is 16.0 Å². The third-order valence-corrected chi connectivity index (χ3v) is 12.1. The van der Waals surface area contributed by atoms with Crippen LogP contribution in [-0.4, -0.2) is 143 Å². The van der Waals surface area contributed by atoms with Crippen LogP contribution in [-0.2, 0) is 54.3 Å². The van der Waals surface area contributed by atoms with E-state index >= 15 is 0 Å². The monoisotopic (exact) mass is 868 g/mol. The van der Waals surface area contributed by atoms with E-state index in [1.807, 2.05) is 19.9 Å². The Balaban J connectivity index is 1.71. The van der Waals surface area contributed by atoms with Crippen LogP contribution in [0.4, 0.5) is 0 Å². The topological polar surface area (TPSA) is 221 Å². The fraction of sp³-hybridized carbons (Fsp3) is 0.644. The van der Waals surface area contributed by atoms with Crippen molar-refractivity contribution in [3.63, 3.8) is 0 Å². The number of imide groups is 1. The number of aliphatic carboxylic acids is 1. The number of carboxylic acids is 1. The van der Waals surface area contributed by atoms with Crippen LogP contribution < -0.4 is 16.0 Å². The van der Waals surface area contributed by atoms with E-state index in [9.17, 15) is 43.5 Å². The lowest BCUT2D eigenvalue weighted by atomic mass is 9.89. The van der Waals surface area contributed by atoms with Gasteiger partial charge in [-0.3, -0.25) is 38.5 Å². The number of hydrogen-bond acceptors (Lipinski definition) is 10. The van der Waals surface area contributed by atoms with Gasteiger partial charge >= 0.3 is 5.97 Å². The number of benzene rings is 1. The summed E-state index contributed by atoms with van der Waals surface area (Å²) >= 11 is 0. The minimum absolute atomic E-state index is 0.0438. The van der Waals surface area contributed by atoms with Gasteiger partial charge in [0.2, 0.25) is 29.5 Å². The Morgan fingerprint density at radius 3 is 2.13 bits per heavy atom. The summed E-state index contributed by atoms with van der Waals surface area (Å²) in [6.07, 6.45) is 2.86. The normalized spacial score (nSPS) is 18.7. The van der Waals surface area contributed by atoms with Crippen molar-refractivity contribution in [2.75, 3.05) is 34.4 Å². The molecule has 1 aromatic rings. The molecule has 3 rings (SSSR count). The average Bonchev–Trinajstić information content (AvgIpc) is 3.84. The minimum Gasteiger partial charge on any atom is -0.480 e. The van der Waals surface area contributed by atoms with Gasteiger partial charge in [-0.25, -0.2) is 4.79 Å². The molecule has 8 atom stereocenters. The summed E-state index contributed by atoms with van der Waals surface area (Å²) in [6.45, 7) is 12.7. The van der Waals surface area contributed by atoms with E-state index in [0.717, 1.165) is 10.5 Å². The van der Waals surface area contributed by atoms with Crippen molar-refractivity contribution in [1.82, 2.24) is 30.7 Å². The maximum atomic E-state index is 14.4. The molecule has 0 saturated carbocycles. The number of likely N-dealkylation sites (N-methyl/N-ethyl adjacent to an activating group) is 1. The molecule has 0 radical (unpaired) electrons. The van der Waals surface area contributed by atoms with E-state index in [1.165, 1.54) is 45.1 Å². The first kappa shape index (κ1) is 51.2. The van der Waals surface area contributed by atoms with Crippen molar-refractivity contribution in [3.8, 4) is 0 Å². The number of nitrogens with zero attached hydrogens (tertiary/aromatic N) is 3. The molecule has 0 bridgehead atoms. The maximum absolute atomic E-state index is 14.4. The molecule has 4 N–H and O–H groups in total. The van der Waals surface area contributed by atoms with E-state index in [4.69, 9.17) is 9.47 Å². The number of amides is 7. The molecule has 0 aromatic heterocycles. The van der Waals surface area contributed by atoms with Crippen molar-refractivity contribution >= 4 is 47.3 Å². The fourth-order valence-corrected chi connectivity index (χ4v) is 8.23. The summed E-state index contributed by atoms with van der Waals surface area (Å²) in [5, 5.41) is 18.1.